The predicted octanol–water partition coefficient (Wildman–Crippen LogP) is 4.02. The highest BCUT2D eigenvalue weighted by Gasteiger charge is 2.36. The van der Waals surface area contributed by atoms with Crippen molar-refractivity contribution < 1.29 is 19.1 Å². The van der Waals surface area contributed by atoms with Crippen molar-refractivity contribution in [2.75, 3.05) is 51.3 Å². The Balaban J connectivity index is 1.25. The van der Waals surface area contributed by atoms with Crippen molar-refractivity contribution in [2.45, 2.75) is 56.8 Å². The molecule has 3 aliphatic heterocycles. The van der Waals surface area contributed by atoms with Gasteiger partial charge in [-0.1, -0.05) is 35.7 Å². The normalized spacial score (nSPS) is 18.6. The number of urea groups is 1. The van der Waals surface area contributed by atoms with Gasteiger partial charge in [0, 0.05) is 62.5 Å². The molecular formula is C32H39ClN6O4. The van der Waals surface area contributed by atoms with Crippen molar-refractivity contribution >= 4 is 41.0 Å². The van der Waals surface area contributed by atoms with E-state index >= 15 is 0 Å². The molecule has 3 heterocycles. The van der Waals surface area contributed by atoms with Gasteiger partial charge in [0.1, 0.15) is 0 Å². The molecule has 11 heteroatoms. The largest absolute Gasteiger partial charge is 0.436 e. The summed E-state index contributed by atoms with van der Waals surface area (Å²) in [6.07, 6.45) is 7.06. The second-order valence-electron chi connectivity index (χ2n) is 11.7. The van der Waals surface area contributed by atoms with Crippen LogP contribution in [0.3, 0.4) is 0 Å². The molecule has 4 amide bonds. The van der Waals surface area contributed by atoms with Crippen LogP contribution in [0.2, 0.25) is 5.02 Å². The molecule has 2 fully saturated rings. The fourth-order valence-electron chi connectivity index (χ4n) is 6.18. The van der Waals surface area contributed by atoms with Crippen molar-refractivity contribution in [3.8, 4) is 12.3 Å². The number of likely N-dealkylation sites (tertiary alicyclic amines) is 2. The number of benzene rings is 2. The third-order valence-electron chi connectivity index (χ3n) is 8.81. The fourth-order valence-corrected chi connectivity index (χ4v) is 6.43. The van der Waals surface area contributed by atoms with E-state index in [2.05, 4.69) is 16.1 Å². The number of nitrogens with one attached hydrogen (secondary N) is 1. The molecule has 2 saturated heterocycles. The summed E-state index contributed by atoms with van der Waals surface area (Å²) in [5.74, 6) is 2.30. The number of rotatable bonds is 6. The minimum atomic E-state index is -1.05. The summed E-state index contributed by atoms with van der Waals surface area (Å²) in [6, 6.07) is 11.4. The minimum Gasteiger partial charge on any atom is -0.436 e. The Kier molecular flexibility index (Phi) is 9.33. The molecule has 0 aromatic heterocycles. The van der Waals surface area contributed by atoms with Crippen LogP contribution < -0.4 is 11.1 Å². The number of carbonyl (C=O) groups is 3. The summed E-state index contributed by atoms with van der Waals surface area (Å²) in [4.78, 5) is 47.4. The van der Waals surface area contributed by atoms with Gasteiger partial charge in [-0.15, -0.1) is 6.42 Å². The van der Waals surface area contributed by atoms with Crippen LogP contribution in [0.1, 0.15) is 42.4 Å². The average molecular weight is 607 g/mol. The number of hydrogen-bond acceptors (Lipinski definition) is 6. The summed E-state index contributed by atoms with van der Waals surface area (Å²) in [5, 5.41) is 3.26. The lowest BCUT2D eigenvalue weighted by Gasteiger charge is -2.40. The first kappa shape index (κ1) is 30.5. The van der Waals surface area contributed by atoms with Crippen molar-refractivity contribution in [2.24, 2.45) is 0 Å². The Hall–Kier alpha value is -3.94. The molecule has 228 valence electrons. The maximum atomic E-state index is 13.8. The molecule has 0 spiro atoms. The van der Waals surface area contributed by atoms with Gasteiger partial charge in [-0.3, -0.25) is 4.79 Å². The van der Waals surface area contributed by atoms with Gasteiger partial charge in [-0.2, -0.15) is 0 Å². The molecule has 2 aromatic rings. The number of halogens is 1. The third kappa shape index (κ3) is 6.84. The van der Waals surface area contributed by atoms with Crippen molar-refractivity contribution in [1.82, 2.24) is 19.6 Å². The lowest BCUT2D eigenvalue weighted by atomic mass is 10.0. The standard InChI is InChI=1S/C32H39ClN6O4/c1-4-22-17-21(18-26(33)29(22)34)19-28(30(40)37-13-9-24(10-14-37)36(2)3)43-32(42)38-15-11-25(12-16-38)39-20-23-7-5-6-8-27(23)35-31(39)41/h1,5-8,17-18,24-25,28H,9-16,19-20,34H2,2-3H3,(H,35,41)/t28-/m1/s1. The topological polar surface area (TPSA) is 111 Å². The van der Waals surface area contributed by atoms with E-state index in [-0.39, 0.29) is 24.4 Å². The summed E-state index contributed by atoms with van der Waals surface area (Å²) >= 11 is 6.33. The first-order valence-corrected chi connectivity index (χ1v) is 15.1. The van der Waals surface area contributed by atoms with E-state index in [4.69, 9.17) is 28.5 Å². The number of carbonyl (C=O) groups excluding carboxylic acids is 3. The van der Waals surface area contributed by atoms with Gasteiger partial charge in [0.25, 0.3) is 5.91 Å². The molecule has 43 heavy (non-hydrogen) atoms. The van der Waals surface area contributed by atoms with Crippen LogP contribution in [0.5, 0.6) is 0 Å². The number of piperidine rings is 2. The van der Waals surface area contributed by atoms with Crippen LogP contribution in [0.25, 0.3) is 0 Å². The van der Waals surface area contributed by atoms with E-state index in [9.17, 15) is 14.4 Å². The molecule has 3 N–H and O–H groups in total. The van der Waals surface area contributed by atoms with Gasteiger partial charge in [0.05, 0.1) is 10.7 Å². The molecule has 2 aromatic carbocycles. The Morgan fingerprint density at radius 2 is 1.79 bits per heavy atom. The molecule has 0 saturated carbocycles. The van der Waals surface area contributed by atoms with Crippen LogP contribution >= 0.6 is 11.6 Å². The van der Waals surface area contributed by atoms with Crippen molar-refractivity contribution in [3.05, 3.63) is 58.1 Å². The Morgan fingerprint density at radius 3 is 2.47 bits per heavy atom. The summed E-state index contributed by atoms with van der Waals surface area (Å²) in [6.45, 7) is 2.53. The van der Waals surface area contributed by atoms with Crippen LogP contribution in [0.4, 0.5) is 21.0 Å². The van der Waals surface area contributed by atoms with E-state index in [1.54, 1.807) is 21.9 Å². The first-order chi connectivity index (χ1) is 20.6. The molecular weight excluding hydrogens is 568 g/mol. The number of para-hydroxylation sites is 1. The zero-order valence-electron chi connectivity index (χ0n) is 24.7. The number of nitrogens with two attached hydrogens (primary N) is 1. The third-order valence-corrected chi connectivity index (χ3v) is 9.13. The van der Waals surface area contributed by atoms with Gasteiger partial charge in [0.2, 0.25) is 0 Å². The smallest absolute Gasteiger partial charge is 0.410 e. The van der Waals surface area contributed by atoms with Crippen molar-refractivity contribution in [3.63, 3.8) is 0 Å². The van der Waals surface area contributed by atoms with E-state index in [0.29, 0.717) is 73.4 Å². The predicted molar refractivity (Wildman–Crippen MR) is 167 cm³/mol. The number of terminal acetylenes is 1. The van der Waals surface area contributed by atoms with Crippen LogP contribution in [0.15, 0.2) is 36.4 Å². The lowest BCUT2D eigenvalue weighted by molar-refractivity contribution is -0.142. The number of amides is 4. The molecule has 5 rings (SSSR count). The second kappa shape index (κ2) is 13.1. The SMILES string of the molecule is C#Cc1cc(C[C@@H](OC(=O)N2CCC(N3Cc4ccccc4NC3=O)CC2)C(=O)N2CCC(N(C)C)CC2)cc(Cl)c1N. The van der Waals surface area contributed by atoms with Gasteiger partial charge in [-0.05, 0) is 69.1 Å². The maximum absolute atomic E-state index is 13.8. The van der Waals surface area contributed by atoms with E-state index in [0.717, 1.165) is 24.1 Å². The average Bonchev–Trinajstić information content (AvgIpc) is 3.01. The molecule has 0 aliphatic carbocycles. The highest BCUT2D eigenvalue weighted by Crippen LogP contribution is 2.29. The van der Waals surface area contributed by atoms with E-state index in [1.165, 1.54) is 0 Å². The van der Waals surface area contributed by atoms with Gasteiger partial charge in [0.15, 0.2) is 6.10 Å². The summed E-state index contributed by atoms with van der Waals surface area (Å²) in [7, 11) is 4.08. The van der Waals surface area contributed by atoms with Gasteiger partial charge < -0.3 is 35.4 Å². The van der Waals surface area contributed by atoms with E-state index in [1.807, 2.05) is 43.3 Å². The van der Waals surface area contributed by atoms with Crippen LogP contribution in [-0.4, -0.2) is 96.1 Å². The minimum absolute atomic E-state index is 0.00747. The number of fused-ring (bicyclic) bond motifs is 1. The number of nitrogen functional groups attached to an aromatic ring is 1. The molecule has 1 atom stereocenters. The summed E-state index contributed by atoms with van der Waals surface area (Å²) < 4.78 is 5.94. The zero-order chi connectivity index (χ0) is 30.7. The Morgan fingerprint density at radius 1 is 1.12 bits per heavy atom. The molecule has 10 nitrogen and oxygen atoms in total. The molecule has 0 unspecified atom stereocenters. The van der Waals surface area contributed by atoms with Crippen molar-refractivity contribution in [1.29, 1.82) is 0 Å². The van der Waals surface area contributed by atoms with Gasteiger partial charge in [-0.25, -0.2) is 9.59 Å². The van der Waals surface area contributed by atoms with Crippen LogP contribution in [-0.2, 0) is 22.5 Å². The quantitative estimate of drug-likeness (QED) is 0.380. The molecule has 0 radical (unpaired) electrons. The van der Waals surface area contributed by atoms with Gasteiger partial charge >= 0.3 is 12.1 Å². The lowest BCUT2D eigenvalue weighted by Crippen LogP contribution is -2.52. The maximum Gasteiger partial charge on any atom is 0.410 e. The second-order valence-corrected chi connectivity index (χ2v) is 12.1. The highest BCUT2D eigenvalue weighted by atomic mass is 35.5. The number of ether oxygens (including phenoxy) is 1. The zero-order valence-corrected chi connectivity index (χ0v) is 25.5. The van der Waals surface area contributed by atoms with Crippen LogP contribution in [0, 0.1) is 12.3 Å². The molecule has 3 aliphatic rings. The monoisotopic (exact) mass is 606 g/mol. The number of hydrogen-bond donors (Lipinski definition) is 2. The first-order valence-electron chi connectivity index (χ1n) is 14.8. The Bertz CT molecular complexity index is 1410. The number of nitrogens with zero attached hydrogens (tertiary/aromatic N) is 4. The number of anilines is 2. The highest BCUT2D eigenvalue weighted by molar-refractivity contribution is 6.33. The molecule has 0 bridgehead atoms. The fraction of sp³-hybridized carbons (Fsp3) is 0.469. The van der Waals surface area contributed by atoms with E-state index < -0.39 is 12.2 Å². The Labute approximate surface area is 258 Å². The summed E-state index contributed by atoms with van der Waals surface area (Å²) in [5.41, 5.74) is 9.30.